The second kappa shape index (κ2) is 5.98. The highest BCUT2D eigenvalue weighted by molar-refractivity contribution is 7.09. The van der Waals surface area contributed by atoms with E-state index < -0.39 is 0 Å². The van der Waals surface area contributed by atoms with E-state index in [0.717, 1.165) is 30.0 Å². The van der Waals surface area contributed by atoms with Crippen molar-refractivity contribution in [3.63, 3.8) is 0 Å². The van der Waals surface area contributed by atoms with Gasteiger partial charge in [-0.05, 0) is 42.5 Å². The summed E-state index contributed by atoms with van der Waals surface area (Å²) in [5.41, 5.74) is 1.86. The van der Waals surface area contributed by atoms with Crippen molar-refractivity contribution < 1.29 is 5.11 Å². The molecule has 0 saturated heterocycles. The number of aliphatic hydroxyl groups excluding tert-OH is 1. The predicted molar refractivity (Wildman–Crippen MR) is 76.2 cm³/mol. The molecule has 0 aromatic carbocycles. The number of hydrogen-bond donors (Lipinski definition) is 1. The molecule has 0 aliphatic carbocycles. The first-order chi connectivity index (χ1) is 8.69. The Hall–Kier alpha value is -1.39. The van der Waals surface area contributed by atoms with Gasteiger partial charge in [0.2, 0.25) is 0 Å². The maximum atomic E-state index is 9.20. The average molecular weight is 262 g/mol. The van der Waals surface area contributed by atoms with Crippen molar-refractivity contribution in [2.75, 3.05) is 18.5 Å². The van der Waals surface area contributed by atoms with Gasteiger partial charge in [0.15, 0.2) is 0 Å². The van der Waals surface area contributed by atoms with Crippen LogP contribution in [-0.4, -0.2) is 23.7 Å². The van der Waals surface area contributed by atoms with Gasteiger partial charge in [-0.1, -0.05) is 6.07 Å². The van der Waals surface area contributed by atoms with Crippen LogP contribution in [0.3, 0.4) is 0 Å². The zero-order valence-corrected chi connectivity index (χ0v) is 11.6. The summed E-state index contributed by atoms with van der Waals surface area (Å²) in [5, 5.41) is 11.3. The lowest BCUT2D eigenvalue weighted by Crippen LogP contribution is -2.21. The quantitative estimate of drug-likeness (QED) is 0.900. The van der Waals surface area contributed by atoms with Gasteiger partial charge in [-0.25, -0.2) is 4.98 Å². The zero-order chi connectivity index (χ0) is 13.0. The summed E-state index contributed by atoms with van der Waals surface area (Å²) >= 11 is 1.78. The smallest absolute Gasteiger partial charge is 0.128 e. The fourth-order valence-corrected chi connectivity index (χ4v) is 2.55. The average Bonchev–Trinajstić information content (AvgIpc) is 2.88. The Labute approximate surface area is 112 Å². The summed E-state index contributed by atoms with van der Waals surface area (Å²) in [7, 11) is 2.04. The zero-order valence-electron chi connectivity index (χ0n) is 10.8. The molecule has 0 aliphatic rings. The molecule has 2 aromatic heterocycles. The van der Waals surface area contributed by atoms with Gasteiger partial charge in [0, 0.05) is 24.2 Å². The molecule has 0 atom stereocenters. The van der Waals surface area contributed by atoms with Crippen LogP contribution >= 0.6 is 11.3 Å². The second-order valence-corrected chi connectivity index (χ2v) is 5.42. The van der Waals surface area contributed by atoms with Gasteiger partial charge in [0.05, 0.1) is 6.61 Å². The molecule has 0 amide bonds. The van der Waals surface area contributed by atoms with Gasteiger partial charge in [-0.3, -0.25) is 0 Å². The standard InChI is InChI=1S/C14H18N2OS/c1-11-8-12(10-17)9-14(15-11)16(2)6-5-13-4-3-7-18-13/h3-4,7-9,17H,5-6,10H2,1-2H3. The minimum atomic E-state index is 0.0646. The van der Waals surface area contributed by atoms with Gasteiger partial charge in [-0.15, -0.1) is 11.3 Å². The summed E-state index contributed by atoms with van der Waals surface area (Å²) in [6.07, 6.45) is 1.03. The molecule has 0 bridgehead atoms. The number of pyridine rings is 1. The number of aromatic nitrogens is 1. The van der Waals surface area contributed by atoms with Crippen molar-refractivity contribution in [2.24, 2.45) is 0 Å². The first-order valence-corrected chi connectivity index (χ1v) is 6.89. The molecule has 1 N–H and O–H groups in total. The van der Waals surface area contributed by atoms with Crippen LogP contribution in [-0.2, 0) is 13.0 Å². The molecule has 96 valence electrons. The molecule has 0 saturated carbocycles. The number of rotatable bonds is 5. The van der Waals surface area contributed by atoms with Crippen LogP contribution in [0.1, 0.15) is 16.1 Å². The molecule has 0 unspecified atom stereocenters. The molecule has 0 fully saturated rings. The Morgan fingerprint density at radius 1 is 1.39 bits per heavy atom. The van der Waals surface area contributed by atoms with E-state index in [4.69, 9.17) is 0 Å². The maximum absolute atomic E-state index is 9.20. The Morgan fingerprint density at radius 2 is 2.22 bits per heavy atom. The molecule has 3 nitrogen and oxygen atoms in total. The first kappa shape index (κ1) is 13.1. The van der Waals surface area contributed by atoms with Crippen LogP contribution in [0.5, 0.6) is 0 Å². The molecule has 0 spiro atoms. The van der Waals surface area contributed by atoms with Crippen LogP contribution in [0.2, 0.25) is 0 Å². The molecule has 0 radical (unpaired) electrons. The third-order valence-electron chi connectivity index (χ3n) is 2.85. The van der Waals surface area contributed by atoms with Crippen LogP contribution in [0, 0.1) is 6.92 Å². The lowest BCUT2D eigenvalue weighted by molar-refractivity contribution is 0.281. The van der Waals surface area contributed by atoms with Gasteiger partial charge in [0.1, 0.15) is 5.82 Å². The fourth-order valence-electron chi connectivity index (χ4n) is 1.86. The summed E-state index contributed by atoms with van der Waals surface area (Å²) in [6, 6.07) is 8.09. The van der Waals surface area contributed by atoms with E-state index in [1.54, 1.807) is 11.3 Å². The molecule has 2 rings (SSSR count). The highest BCUT2D eigenvalue weighted by atomic mass is 32.1. The van der Waals surface area contributed by atoms with Crippen molar-refractivity contribution in [1.82, 2.24) is 4.98 Å². The number of likely N-dealkylation sites (N-methyl/N-ethyl adjacent to an activating group) is 1. The third-order valence-corrected chi connectivity index (χ3v) is 3.78. The first-order valence-electron chi connectivity index (χ1n) is 6.01. The molecular weight excluding hydrogens is 244 g/mol. The van der Waals surface area contributed by atoms with Crippen molar-refractivity contribution in [1.29, 1.82) is 0 Å². The predicted octanol–water partition coefficient (Wildman–Crippen LogP) is 2.62. The lowest BCUT2D eigenvalue weighted by atomic mass is 10.2. The summed E-state index contributed by atoms with van der Waals surface area (Å²) in [4.78, 5) is 8.02. The van der Waals surface area contributed by atoms with Crippen LogP contribution in [0.25, 0.3) is 0 Å². The van der Waals surface area contributed by atoms with E-state index >= 15 is 0 Å². The summed E-state index contributed by atoms with van der Waals surface area (Å²) in [5.74, 6) is 0.926. The minimum absolute atomic E-state index is 0.0646. The van der Waals surface area contributed by atoms with Crippen LogP contribution < -0.4 is 4.90 Å². The van der Waals surface area contributed by atoms with Gasteiger partial charge < -0.3 is 10.0 Å². The second-order valence-electron chi connectivity index (χ2n) is 4.38. The molecule has 0 aliphatic heterocycles. The van der Waals surface area contributed by atoms with Crippen LogP contribution in [0.4, 0.5) is 5.82 Å². The number of aryl methyl sites for hydroxylation is 1. The Balaban J connectivity index is 2.03. The van der Waals surface area contributed by atoms with Gasteiger partial charge in [0.25, 0.3) is 0 Å². The van der Waals surface area contributed by atoms with Crippen molar-refractivity contribution in [3.8, 4) is 0 Å². The number of thiophene rings is 1. The number of hydrogen-bond acceptors (Lipinski definition) is 4. The molecule has 18 heavy (non-hydrogen) atoms. The largest absolute Gasteiger partial charge is 0.392 e. The Kier molecular flexibility index (Phi) is 4.33. The monoisotopic (exact) mass is 262 g/mol. The van der Waals surface area contributed by atoms with E-state index in [0.29, 0.717) is 0 Å². The number of aliphatic hydroxyl groups is 1. The SMILES string of the molecule is Cc1cc(CO)cc(N(C)CCc2cccs2)n1. The molecule has 4 heteroatoms. The van der Waals surface area contributed by atoms with Crippen molar-refractivity contribution in [3.05, 3.63) is 45.8 Å². The Morgan fingerprint density at radius 3 is 2.89 bits per heavy atom. The Bertz CT molecular complexity index is 497. The van der Waals surface area contributed by atoms with Gasteiger partial charge >= 0.3 is 0 Å². The minimum Gasteiger partial charge on any atom is -0.392 e. The highest BCUT2D eigenvalue weighted by Gasteiger charge is 2.05. The molecule has 2 heterocycles. The van der Waals surface area contributed by atoms with Crippen LogP contribution in [0.15, 0.2) is 29.6 Å². The fraction of sp³-hybridized carbons (Fsp3) is 0.357. The van der Waals surface area contributed by atoms with Crippen molar-refractivity contribution in [2.45, 2.75) is 20.0 Å². The molecule has 2 aromatic rings. The van der Waals surface area contributed by atoms with E-state index in [2.05, 4.69) is 27.4 Å². The maximum Gasteiger partial charge on any atom is 0.128 e. The van der Waals surface area contributed by atoms with E-state index in [1.165, 1.54) is 4.88 Å². The van der Waals surface area contributed by atoms with E-state index in [-0.39, 0.29) is 6.61 Å². The van der Waals surface area contributed by atoms with E-state index in [1.807, 2.05) is 26.1 Å². The normalized spacial score (nSPS) is 10.6. The lowest BCUT2D eigenvalue weighted by Gasteiger charge is -2.19. The van der Waals surface area contributed by atoms with Crippen molar-refractivity contribution >= 4 is 17.2 Å². The van der Waals surface area contributed by atoms with Gasteiger partial charge in [-0.2, -0.15) is 0 Å². The number of anilines is 1. The molecular formula is C14H18N2OS. The highest BCUT2D eigenvalue weighted by Crippen LogP contribution is 2.15. The number of nitrogens with zero attached hydrogens (tertiary/aromatic N) is 2. The summed E-state index contributed by atoms with van der Waals surface area (Å²) < 4.78 is 0. The third kappa shape index (κ3) is 3.31. The topological polar surface area (TPSA) is 36.4 Å². The summed E-state index contributed by atoms with van der Waals surface area (Å²) in [6.45, 7) is 2.95. The van der Waals surface area contributed by atoms with E-state index in [9.17, 15) is 5.11 Å².